The molecule has 2 aromatic rings. The van der Waals surface area contributed by atoms with Crippen LogP contribution in [0.5, 0.6) is 5.75 Å². The van der Waals surface area contributed by atoms with E-state index in [1.54, 1.807) is 14.2 Å². The largest absolute Gasteiger partial charge is 0.496 e. The van der Waals surface area contributed by atoms with Gasteiger partial charge in [-0.1, -0.05) is 58.9 Å². The lowest BCUT2D eigenvalue weighted by Crippen LogP contribution is -2.56. The van der Waals surface area contributed by atoms with E-state index in [1.165, 1.54) is 4.90 Å². The van der Waals surface area contributed by atoms with Crippen LogP contribution in [0.3, 0.4) is 0 Å². The molecule has 2 aliphatic rings. The van der Waals surface area contributed by atoms with Gasteiger partial charge in [-0.05, 0) is 46.4 Å². The number of nitrogens with zero attached hydrogens (tertiary/aromatic N) is 1. The van der Waals surface area contributed by atoms with E-state index in [0.29, 0.717) is 12.8 Å². The second-order valence-corrected chi connectivity index (χ2v) is 12.5. The van der Waals surface area contributed by atoms with Gasteiger partial charge in [0.15, 0.2) is 0 Å². The maximum Gasteiger partial charge on any atom is 0.407 e. The van der Waals surface area contributed by atoms with Gasteiger partial charge in [0.1, 0.15) is 23.7 Å². The first-order valence-electron chi connectivity index (χ1n) is 13.4. The predicted molar refractivity (Wildman–Crippen MR) is 151 cm³/mol. The normalized spacial score (nSPS) is 26.6. The Kier molecular flexibility index (Phi) is 7.81. The molecule has 1 N–H and O–H groups in total. The van der Waals surface area contributed by atoms with Crippen molar-refractivity contribution < 1.29 is 28.6 Å². The number of rotatable bonds is 3. The van der Waals surface area contributed by atoms with Gasteiger partial charge in [0.25, 0.3) is 0 Å². The molecule has 2 amide bonds. The van der Waals surface area contributed by atoms with Crippen LogP contribution in [0.2, 0.25) is 0 Å². The first-order valence-corrected chi connectivity index (χ1v) is 13.4. The van der Waals surface area contributed by atoms with Crippen LogP contribution in [0.1, 0.15) is 58.6 Å². The molecule has 5 bridgehead atoms. The van der Waals surface area contributed by atoms with Crippen LogP contribution < -0.4 is 10.1 Å². The number of amides is 2. The fourth-order valence-corrected chi connectivity index (χ4v) is 5.43. The summed E-state index contributed by atoms with van der Waals surface area (Å²) in [5.41, 5.74) is -0.0517. The molecule has 0 unspecified atom stereocenters. The summed E-state index contributed by atoms with van der Waals surface area (Å²) < 4.78 is 17.3. The number of fused-ring (bicyclic) bond motifs is 5. The number of benzene rings is 2. The first-order chi connectivity index (χ1) is 18.3. The minimum absolute atomic E-state index is 0.167. The number of carbonyl (C=O) groups is 3. The van der Waals surface area contributed by atoms with Crippen LogP contribution in [-0.2, 0) is 24.7 Å². The van der Waals surface area contributed by atoms with Crippen molar-refractivity contribution in [2.45, 2.75) is 65.1 Å². The summed E-state index contributed by atoms with van der Waals surface area (Å²) in [7, 11) is 3.25. The number of nitrogens with one attached hydrogen (secondary N) is 1. The van der Waals surface area contributed by atoms with Crippen molar-refractivity contribution >= 4 is 35.1 Å². The highest BCUT2D eigenvalue weighted by atomic mass is 16.5. The average molecular weight is 537 g/mol. The number of carbonyl (C=O) groups excluding carboxylic acids is 3. The highest BCUT2D eigenvalue weighted by Gasteiger charge is 2.50. The van der Waals surface area contributed by atoms with Crippen LogP contribution in [0.4, 0.5) is 4.79 Å². The monoisotopic (exact) mass is 536 g/mol. The van der Waals surface area contributed by atoms with Crippen molar-refractivity contribution in [1.29, 1.82) is 0 Å². The molecule has 0 spiro atoms. The van der Waals surface area contributed by atoms with E-state index in [1.807, 2.05) is 58.9 Å². The maximum atomic E-state index is 13.9. The van der Waals surface area contributed by atoms with Gasteiger partial charge in [-0.3, -0.25) is 4.79 Å². The van der Waals surface area contributed by atoms with Crippen LogP contribution in [0, 0.1) is 10.8 Å². The Morgan fingerprint density at radius 2 is 1.85 bits per heavy atom. The summed E-state index contributed by atoms with van der Waals surface area (Å²) in [6.45, 7) is 10.0. The SMILES string of the molecule is COc1cc2ccc3cc2cc1/C=C\CC(C)(C)COC(=O)N[C@@H](C(C)(C)C)C(=O)N1C[C@@]3(OC)C[C@H]1C=O. The lowest BCUT2D eigenvalue weighted by molar-refractivity contribution is -0.139. The van der Waals surface area contributed by atoms with Crippen LogP contribution in [0.15, 0.2) is 36.4 Å². The predicted octanol–water partition coefficient (Wildman–Crippen LogP) is 5.07. The minimum Gasteiger partial charge on any atom is -0.496 e. The van der Waals surface area contributed by atoms with E-state index in [-0.39, 0.29) is 24.5 Å². The van der Waals surface area contributed by atoms with Gasteiger partial charge in [-0.15, -0.1) is 0 Å². The second kappa shape index (κ2) is 10.6. The number of allylic oxidation sites excluding steroid dienone is 1. The van der Waals surface area contributed by atoms with Gasteiger partial charge < -0.3 is 29.2 Å². The molecule has 2 heterocycles. The zero-order valence-corrected chi connectivity index (χ0v) is 24.0. The third kappa shape index (κ3) is 5.81. The number of methoxy groups -OCH3 is 2. The van der Waals surface area contributed by atoms with Gasteiger partial charge in [0.2, 0.25) is 5.91 Å². The Bertz CT molecular complexity index is 1290. The number of ether oxygens (including phenoxy) is 3. The first kappa shape index (κ1) is 28.6. The lowest BCUT2D eigenvalue weighted by Gasteiger charge is -2.35. The molecular formula is C31H40N2O6. The van der Waals surface area contributed by atoms with Crippen molar-refractivity contribution in [3.05, 3.63) is 47.5 Å². The highest BCUT2D eigenvalue weighted by molar-refractivity contribution is 5.90. The molecule has 8 heteroatoms. The zero-order chi connectivity index (χ0) is 28.6. The molecule has 2 aromatic carbocycles. The fraction of sp³-hybridized carbons (Fsp3) is 0.516. The number of hydrogen-bond donors (Lipinski definition) is 1. The number of hydrogen-bond acceptors (Lipinski definition) is 6. The smallest absolute Gasteiger partial charge is 0.407 e. The van der Waals surface area contributed by atoms with E-state index in [2.05, 4.69) is 23.5 Å². The van der Waals surface area contributed by atoms with Gasteiger partial charge in [0, 0.05) is 24.5 Å². The van der Waals surface area contributed by atoms with E-state index in [0.717, 1.165) is 33.9 Å². The van der Waals surface area contributed by atoms with E-state index < -0.39 is 29.2 Å². The molecule has 0 saturated carbocycles. The number of cyclic esters (lactones) is 1. The molecule has 1 fully saturated rings. The van der Waals surface area contributed by atoms with Crippen LogP contribution in [-0.4, -0.2) is 62.6 Å². The maximum absolute atomic E-state index is 13.9. The Balaban J connectivity index is 1.86. The van der Waals surface area contributed by atoms with Crippen molar-refractivity contribution in [3.63, 3.8) is 0 Å². The Morgan fingerprint density at radius 3 is 2.49 bits per heavy atom. The van der Waals surface area contributed by atoms with Crippen molar-refractivity contribution in [2.24, 2.45) is 10.8 Å². The molecule has 0 aromatic heterocycles. The fourth-order valence-electron chi connectivity index (χ4n) is 5.43. The summed E-state index contributed by atoms with van der Waals surface area (Å²) in [6.07, 6.45) is 5.17. The summed E-state index contributed by atoms with van der Waals surface area (Å²) in [4.78, 5) is 40.6. The Hall–Kier alpha value is -3.39. The summed E-state index contributed by atoms with van der Waals surface area (Å²) in [6, 6.07) is 8.53. The molecule has 4 rings (SSSR count). The summed E-state index contributed by atoms with van der Waals surface area (Å²) >= 11 is 0. The van der Waals surface area contributed by atoms with E-state index >= 15 is 0 Å². The highest BCUT2D eigenvalue weighted by Crippen LogP contribution is 2.41. The van der Waals surface area contributed by atoms with Gasteiger partial charge >= 0.3 is 6.09 Å². The third-order valence-electron chi connectivity index (χ3n) is 7.85. The van der Waals surface area contributed by atoms with Crippen LogP contribution in [0.25, 0.3) is 16.8 Å². The molecule has 210 valence electrons. The summed E-state index contributed by atoms with van der Waals surface area (Å²) in [5, 5.41) is 4.80. The quantitative estimate of drug-likeness (QED) is 0.551. The van der Waals surface area contributed by atoms with E-state index in [9.17, 15) is 14.4 Å². The standard InChI is InChI=1S/C31H40N2O6/c1-29(2,3)26-27(35)33-18-31(38-7,16-24(33)17-34)23-11-10-20-15-25(37-6)21(13-22(20)14-23)9-8-12-30(4,5)19-39-28(36)32-26/h8-11,13-15,17,24,26H,12,16,18-19H2,1-7H3,(H,32,36)/b9-8-/t24-,26+,31-/m0/s1. The van der Waals surface area contributed by atoms with Crippen molar-refractivity contribution in [2.75, 3.05) is 27.4 Å². The van der Waals surface area contributed by atoms with Crippen molar-refractivity contribution in [3.8, 4) is 5.75 Å². The van der Waals surface area contributed by atoms with Gasteiger partial charge in [0.05, 0.1) is 26.3 Å². The third-order valence-corrected chi connectivity index (χ3v) is 7.85. The van der Waals surface area contributed by atoms with E-state index in [4.69, 9.17) is 14.2 Å². The second-order valence-electron chi connectivity index (χ2n) is 12.5. The molecule has 0 aliphatic carbocycles. The topological polar surface area (TPSA) is 94.2 Å². The number of alkyl carbamates (subject to hydrolysis) is 1. The molecular weight excluding hydrogens is 496 g/mol. The molecule has 2 aliphatic heterocycles. The van der Waals surface area contributed by atoms with Crippen molar-refractivity contribution in [1.82, 2.24) is 10.2 Å². The molecule has 1 saturated heterocycles. The lowest BCUT2D eigenvalue weighted by atomic mass is 9.85. The Labute approximate surface area is 230 Å². The van der Waals surface area contributed by atoms with Crippen LogP contribution >= 0.6 is 0 Å². The number of aldehydes is 1. The molecule has 39 heavy (non-hydrogen) atoms. The zero-order valence-electron chi connectivity index (χ0n) is 24.0. The molecule has 0 radical (unpaired) electrons. The minimum atomic E-state index is -0.895. The Morgan fingerprint density at radius 1 is 1.10 bits per heavy atom. The van der Waals surface area contributed by atoms with Gasteiger partial charge in [-0.2, -0.15) is 0 Å². The summed E-state index contributed by atoms with van der Waals surface area (Å²) in [5.74, 6) is 0.411. The molecule has 8 nitrogen and oxygen atoms in total. The average Bonchev–Trinajstić information content (AvgIpc) is 3.29. The molecule has 3 atom stereocenters. The van der Waals surface area contributed by atoms with Gasteiger partial charge in [-0.25, -0.2) is 4.79 Å².